The zero-order valence-corrected chi connectivity index (χ0v) is 6.01. The van der Waals surface area contributed by atoms with E-state index in [0.717, 1.165) is 12.8 Å². The van der Waals surface area contributed by atoms with E-state index in [0.29, 0.717) is 11.8 Å². The van der Waals surface area contributed by atoms with Crippen molar-refractivity contribution in [3.8, 4) is 0 Å². The second kappa shape index (κ2) is 2.70. The van der Waals surface area contributed by atoms with Gasteiger partial charge >= 0.3 is 0 Å². The zero-order valence-electron chi connectivity index (χ0n) is 6.01. The van der Waals surface area contributed by atoms with Gasteiger partial charge in [-0.3, -0.25) is 0 Å². The number of hydrogen-bond donors (Lipinski definition) is 1. The molecule has 1 radical (unpaired) electrons. The van der Waals surface area contributed by atoms with E-state index in [9.17, 15) is 5.11 Å². The molecule has 0 saturated heterocycles. The molecule has 1 saturated carbocycles. The van der Waals surface area contributed by atoms with Crippen LogP contribution >= 0.6 is 0 Å². The quantitative estimate of drug-likeness (QED) is 0.524. The van der Waals surface area contributed by atoms with Gasteiger partial charge in [-0.05, 0) is 31.6 Å². The van der Waals surface area contributed by atoms with Crippen molar-refractivity contribution >= 4 is 0 Å². The fourth-order valence-corrected chi connectivity index (χ4v) is 1.41. The first kappa shape index (κ1) is 7.07. The van der Waals surface area contributed by atoms with Crippen LogP contribution in [0, 0.1) is 18.8 Å². The van der Waals surface area contributed by atoms with E-state index >= 15 is 0 Å². The SMILES string of the molecule is [CH2]C1CCC(C)CC1O. The molecule has 1 fully saturated rings. The van der Waals surface area contributed by atoms with Crippen LogP contribution in [-0.2, 0) is 0 Å². The standard InChI is InChI=1S/C8H15O/c1-6-3-4-7(2)8(9)5-6/h6-9H,2-5H2,1H3. The lowest BCUT2D eigenvalue weighted by molar-refractivity contribution is 0.0692. The summed E-state index contributed by atoms with van der Waals surface area (Å²) in [5.74, 6) is 0.999. The first-order valence-corrected chi connectivity index (χ1v) is 3.71. The molecule has 1 heteroatoms. The highest BCUT2D eigenvalue weighted by atomic mass is 16.3. The molecule has 3 unspecified atom stereocenters. The van der Waals surface area contributed by atoms with Gasteiger partial charge < -0.3 is 5.11 Å². The molecule has 1 N–H and O–H groups in total. The van der Waals surface area contributed by atoms with Gasteiger partial charge in [0, 0.05) is 0 Å². The van der Waals surface area contributed by atoms with Gasteiger partial charge in [0.2, 0.25) is 0 Å². The van der Waals surface area contributed by atoms with Crippen LogP contribution in [0.25, 0.3) is 0 Å². The summed E-state index contributed by atoms with van der Waals surface area (Å²) >= 11 is 0. The van der Waals surface area contributed by atoms with Crippen molar-refractivity contribution in [2.24, 2.45) is 11.8 Å². The molecule has 0 aromatic rings. The van der Waals surface area contributed by atoms with E-state index in [4.69, 9.17) is 0 Å². The molecular weight excluding hydrogens is 112 g/mol. The summed E-state index contributed by atoms with van der Waals surface area (Å²) in [6.07, 6.45) is 3.16. The third-order valence-electron chi connectivity index (χ3n) is 2.22. The maximum Gasteiger partial charge on any atom is 0.0570 e. The molecule has 1 aliphatic rings. The average Bonchev–Trinajstić information content (AvgIpc) is 1.80. The van der Waals surface area contributed by atoms with Crippen molar-refractivity contribution in [1.29, 1.82) is 0 Å². The number of hydrogen-bond acceptors (Lipinski definition) is 1. The minimum Gasteiger partial charge on any atom is -0.393 e. The van der Waals surface area contributed by atoms with Crippen molar-refractivity contribution in [2.75, 3.05) is 0 Å². The maximum absolute atomic E-state index is 9.29. The van der Waals surface area contributed by atoms with Crippen LogP contribution in [0.2, 0.25) is 0 Å². The normalized spacial score (nSPS) is 45.0. The minimum atomic E-state index is -0.131. The predicted octanol–water partition coefficient (Wildman–Crippen LogP) is 1.62. The van der Waals surface area contributed by atoms with E-state index < -0.39 is 0 Å². The lowest BCUT2D eigenvalue weighted by Gasteiger charge is -2.28. The largest absolute Gasteiger partial charge is 0.393 e. The van der Waals surface area contributed by atoms with E-state index in [1.54, 1.807) is 0 Å². The van der Waals surface area contributed by atoms with E-state index in [1.165, 1.54) is 6.42 Å². The van der Waals surface area contributed by atoms with Crippen LogP contribution in [-0.4, -0.2) is 11.2 Å². The van der Waals surface area contributed by atoms with Crippen molar-refractivity contribution in [1.82, 2.24) is 0 Å². The lowest BCUT2D eigenvalue weighted by atomic mass is 9.82. The first-order chi connectivity index (χ1) is 4.20. The Morgan fingerprint density at radius 2 is 2.11 bits per heavy atom. The highest BCUT2D eigenvalue weighted by Crippen LogP contribution is 2.27. The van der Waals surface area contributed by atoms with Crippen molar-refractivity contribution in [3.05, 3.63) is 6.92 Å². The van der Waals surface area contributed by atoms with Crippen molar-refractivity contribution < 1.29 is 5.11 Å². The Labute approximate surface area is 57.1 Å². The van der Waals surface area contributed by atoms with Crippen LogP contribution in [0.3, 0.4) is 0 Å². The molecule has 1 nitrogen and oxygen atoms in total. The zero-order chi connectivity index (χ0) is 6.85. The fourth-order valence-electron chi connectivity index (χ4n) is 1.41. The van der Waals surface area contributed by atoms with E-state index in [2.05, 4.69) is 13.8 Å². The van der Waals surface area contributed by atoms with Gasteiger partial charge in [0.05, 0.1) is 6.10 Å². The van der Waals surface area contributed by atoms with E-state index in [1.807, 2.05) is 0 Å². The number of aliphatic hydroxyl groups excluding tert-OH is 1. The van der Waals surface area contributed by atoms with Gasteiger partial charge in [0.25, 0.3) is 0 Å². The minimum absolute atomic E-state index is 0.131. The molecular formula is C8H15O. The van der Waals surface area contributed by atoms with Gasteiger partial charge in [0.15, 0.2) is 0 Å². The first-order valence-electron chi connectivity index (χ1n) is 3.71. The third-order valence-corrected chi connectivity index (χ3v) is 2.22. The lowest BCUT2D eigenvalue weighted by Crippen LogP contribution is -2.26. The molecule has 0 aliphatic heterocycles. The molecule has 53 valence electrons. The molecule has 0 spiro atoms. The van der Waals surface area contributed by atoms with Gasteiger partial charge in [-0.1, -0.05) is 13.3 Å². The Bertz CT molecular complexity index is 90.6. The van der Waals surface area contributed by atoms with Crippen LogP contribution < -0.4 is 0 Å². The monoisotopic (exact) mass is 127 g/mol. The van der Waals surface area contributed by atoms with Gasteiger partial charge in [-0.15, -0.1) is 0 Å². The van der Waals surface area contributed by atoms with Crippen LogP contribution in [0.4, 0.5) is 0 Å². The molecule has 0 bridgehead atoms. The molecule has 1 rings (SSSR count). The summed E-state index contributed by atoms with van der Waals surface area (Å²) in [5, 5.41) is 9.29. The third kappa shape index (κ3) is 1.68. The molecule has 1 aliphatic carbocycles. The molecule has 0 aromatic heterocycles. The van der Waals surface area contributed by atoms with Crippen LogP contribution in [0.5, 0.6) is 0 Å². The molecule has 0 heterocycles. The highest BCUT2D eigenvalue weighted by molar-refractivity contribution is 4.78. The second-order valence-corrected chi connectivity index (χ2v) is 3.25. The molecule has 9 heavy (non-hydrogen) atoms. The second-order valence-electron chi connectivity index (χ2n) is 3.25. The average molecular weight is 127 g/mol. The number of aliphatic hydroxyl groups is 1. The van der Waals surface area contributed by atoms with Gasteiger partial charge in [-0.2, -0.15) is 0 Å². The van der Waals surface area contributed by atoms with Crippen LogP contribution in [0.15, 0.2) is 0 Å². The summed E-state index contributed by atoms with van der Waals surface area (Å²) in [6.45, 7) is 6.05. The summed E-state index contributed by atoms with van der Waals surface area (Å²) in [4.78, 5) is 0. The van der Waals surface area contributed by atoms with Gasteiger partial charge in [-0.25, -0.2) is 0 Å². The Balaban J connectivity index is 2.35. The topological polar surface area (TPSA) is 20.2 Å². The molecule has 0 amide bonds. The Morgan fingerprint density at radius 1 is 1.44 bits per heavy atom. The highest BCUT2D eigenvalue weighted by Gasteiger charge is 2.22. The number of rotatable bonds is 0. The summed E-state index contributed by atoms with van der Waals surface area (Å²) < 4.78 is 0. The molecule has 0 aromatic carbocycles. The maximum atomic E-state index is 9.29. The van der Waals surface area contributed by atoms with Crippen molar-refractivity contribution in [3.63, 3.8) is 0 Å². The fraction of sp³-hybridized carbons (Fsp3) is 0.875. The summed E-state index contributed by atoms with van der Waals surface area (Å²) in [6, 6.07) is 0. The Hall–Kier alpha value is -0.0400. The van der Waals surface area contributed by atoms with E-state index in [-0.39, 0.29) is 6.10 Å². The smallest absolute Gasteiger partial charge is 0.0570 e. The Morgan fingerprint density at radius 3 is 2.56 bits per heavy atom. The predicted molar refractivity (Wildman–Crippen MR) is 37.9 cm³/mol. The van der Waals surface area contributed by atoms with Crippen LogP contribution in [0.1, 0.15) is 26.2 Å². The summed E-state index contributed by atoms with van der Waals surface area (Å²) in [7, 11) is 0. The van der Waals surface area contributed by atoms with Gasteiger partial charge in [0.1, 0.15) is 0 Å². The molecule has 3 atom stereocenters. The summed E-state index contributed by atoms with van der Waals surface area (Å²) in [5.41, 5.74) is 0. The Kier molecular flexibility index (Phi) is 2.12. The van der Waals surface area contributed by atoms with Crippen molar-refractivity contribution in [2.45, 2.75) is 32.3 Å².